The van der Waals surface area contributed by atoms with E-state index in [-0.39, 0.29) is 24.5 Å². The Morgan fingerprint density at radius 3 is 2.38 bits per heavy atom. The Balaban J connectivity index is 1.87. The number of ketones is 1. The zero-order chi connectivity index (χ0) is 19.1. The van der Waals surface area contributed by atoms with Crippen molar-refractivity contribution in [2.75, 3.05) is 5.32 Å². The van der Waals surface area contributed by atoms with E-state index in [1.807, 2.05) is 63.2 Å². The second-order valence-corrected chi connectivity index (χ2v) is 6.59. The molecule has 1 atom stereocenters. The monoisotopic (exact) mass is 348 g/mol. The Morgan fingerprint density at radius 2 is 1.73 bits per heavy atom. The number of anilines is 1. The minimum atomic E-state index is -0.765. The summed E-state index contributed by atoms with van der Waals surface area (Å²) in [5, 5.41) is 12.2. The normalized spacial score (nSPS) is 11.5. The van der Waals surface area contributed by atoms with Crippen molar-refractivity contribution in [3.8, 4) is 6.07 Å². The van der Waals surface area contributed by atoms with E-state index < -0.39 is 5.92 Å². The van der Waals surface area contributed by atoms with E-state index in [4.69, 9.17) is 0 Å². The van der Waals surface area contributed by atoms with Gasteiger partial charge in [0.15, 0.2) is 5.78 Å². The van der Waals surface area contributed by atoms with Crippen LogP contribution in [0, 0.1) is 32.1 Å². The van der Waals surface area contributed by atoms with Gasteiger partial charge in [0, 0.05) is 18.5 Å². The maximum absolute atomic E-state index is 12.4. The summed E-state index contributed by atoms with van der Waals surface area (Å²) >= 11 is 0. The van der Waals surface area contributed by atoms with E-state index in [2.05, 4.69) is 11.4 Å². The molecule has 2 aromatic rings. The summed E-state index contributed by atoms with van der Waals surface area (Å²) < 4.78 is 0. The molecule has 0 fully saturated rings. The Bertz CT molecular complexity index is 849. The van der Waals surface area contributed by atoms with Crippen molar-refractivity contribution in [3.05, 3.63) is 64.7 Å². The lowest BCUT2D eigenvalue weighted by atomic mass is 9.90. The number of carbonyl (C=O) groups is 2. The number of rotatable bonds is 7. The Morgan fingerprint density at radius 1 is 1.00 bits per heavy atom. The first-order valence-corrected chi connectivity index (χ1v) is 8.77. The van der Waals surface area contributed by atoms with Gasteiger partial charge in [-0.1, -0.05) is 30.3 Å². The molecule has 4 nitrogen and oxygen atoms in total. The molecule has 0 radical (unpaired) electrons. The molecular weight excluding hydrogens is 324 g/mol. The van der Waals surface area contributed by atoms with Crippen LogP contribution in [0.3, 0.4) is 0 Å². The van der Waals surface area contributed by atoms with Crippen LogP contribution < -0.4 is 5.32 Å². The van der Waals surface area contributed by atoms with Crippen LogP contribution in [0.2, 0.25) is 0 Å². The third kappa shape index (κ3) is 5.03. The van der Waals surface area contributed by atoms with E-state index in [0.717, 1.165) is 22.4 Å². The number of nitrogens with one attached hydrogen (secondary N) is 1. The highest BCUT2D eigenvalue weighted by Gasteiger charge is 2.21. The summed E-state index contributed by atoms with van der Waals surface area (Å²) in [6.07, 6.45) is 0.900. The molecule has 1 amide bonds. The standard InChI is InChI=1S/C22H24N2O2/c1-15-11-12-18(13-17(15)3)24-22(26)10-6-9-21(25)20(14-23)19-8-5-4-7-16(19)2/h4-5,7-8,11-13,20H,6,9-10H2,1-3H3,(H,24,26)/t20-/m0/s1. The van der Waals surface area contributed by atoms with Crippen LogP contribution >= 0.6 is 0 Å². The fourth-order valence-electron chi connectivity index (χ4n) is 2.84. The number of Topliss-reactive ketones (excluding diaryl/α,β-unsaturated/α-hetero) is 1. The third-order valence-electron chi connectivity index (χ3n) is 4.57. The molecule has 0 saturated carbocycles. The molecule has 0 aliphatic rings. The maximum Gasteiger partial charge on any atom is 0.224 e. The Labute approximate surface area is 154 Å². The minimum absolute atomic E-state index is 0.120. The number of nitrogens with zero attached hydrogens (tertiary/aromatic N) is 1. The van der Waals surface area contributed by atoms with Crippen LogP contribution in [0.15, 0.2) is 42.5 Å². The van der Waals surface area contributed by atoms with Gasteiger partial charge in [-0.25, -0.2) is 0 Å². The van der Waals surface area contributed by atoms with Crippen molar-refractivity contribution in [2.24, 2.45) is 0 Å². The summed E-state index contributed by atoms with van der Waals surface area (Å²) in [7, 11) is 0. The number of amides is 1. The van der Waals surface area contributed by atoms with Crippen LogP contribution in [-0.2, 0) is 9.59 Å². The second kappa shape index (κ2) is 8.96. The quantitative estimate of drug-likeness (QED) is 0.795. The minimum Gasteiger partial charge on any atom is -0.326 e. The molecule has 0 heterocycles. The van der Waals surface area contributed by atoms with Crippen LogP contribution in [-0.4, -0.2) is 11.7 Å². The van der Waals surface area contributed by atoms with Crippen molar-refractivity contribution in [1.82, 2.24) is 0 Å². The van der Waals surface area contributed by atoms with Crippen molar-refractivity contribution in [2.45, 2.75) is 46.0 Å². The number of benzene rings is 2. The second-order valence-electron chi connectivity index (χ2n) is 6.59. The van der Waals surface area contributed by atoms with E-state index in [1.54, 1.807) is 0 Å². The predicted molar refractivity (Wildman–Crippen MR) is 103 cm³/mol. The molecule has 0 bridgehead atoms. The lowest BCUT2D eigenvalue weighted by Crippen LogP contribution is -2.15. The first kappa shape index (κ1) is 19.4. The van der Waals surface area contributed by atoms with Crippen LogP contribution in [0.25, 0.3) is 0 Å². The lowest BCUT2D eigenvalue weighted by molar-refractivity contribution is -0.119. The third-order valence-corrected chi connectivity index (χ3v) is 4.57. The molecule has 134 valence electrons. The molecule has 0 aliphatic heterocycles. The highest BCUT2D eigenvalue weighted by molar-refractivity contribution is 5.92. The Hall–Kier alpha value is -2.93. The van der Waals surface area contributed by atoms with Gasteiger partial charge in [-0.15, -0.1) is 0 Å². The van der Waals surface area contributed by atoms with Crippen molar-refractivity contribution in [3.63, 3.8) is 0 Å². The highest BCUT2D eigenvalue weighted by atomic mass is 16.1. The summed E-state index contributed by atoms with van der Waals surface area (Å²) in [6, 6.07) is 15.3. The smallest absolute Gasteiger partial charge is 0.224 e. The average molecular weight is 348 g/mol. The summed E-state index contributed by atoms with van der Waals surface area (Å²) in [4.78, 5) is 24.5. The molecule has 1 N–H and O–H groups in total. The van der Waals surface area contributed by atoms with E-state index >= 15 is 0 Å². The van der Waals surface area contributed by atoms with E-state index in [1.165, 1.54) is 5.56 Å². The van der Waals surface area contributed by atoms with Crippen molar-refractivity contribution in [1.29, 1.82) is 5.26 Å². The molecule has 4 heteroatoms. The molecule has 2 rings (SSSR count). The maximum atomic E-state index is 12.4. The SMILES string of the molecule is Cc1ccc(NC(=O)CCCC(=O)[C@@H](C#N)c2ccccc2C)cc1C. The zero-order valence-electron chi connectivity index (χ0n) is 15.5. The van der Waals surface area contributed by atoms with E-state index in [9.17, 15) is 14.9 Å². The fourth-order valence-corrected chi connectivity index (χ4v) is 2.84. The van der Waals surface area contributed by atoms with Crippen molar-refractivity contribution >= 4 is 17.4 Å². The molecule has 0 spiro atoms. The van der Waals surface area contributed by atoms with Gasteiger partial charge in [-0.05, 0) is 61.6 Å². The van der Waals surface area contributed by atoms with E-state index in [0.29, 0.717) is 6.42 Å². The largest absolute Gasteiger partial charge is 0.326 e. The van der Waals surface area contributed by atoms with Gasteiger partial charge < -0.3 is 5.32 Å². The van der Waals surface area contributed by atoms with Crippen LogP contribution in [0.4, 0.5) is 5.69 Å². The molecule has 0 aliphatic carbocycles. The van der Waals surface area contributed by atoms with Gasteiger partial charge in [0.2, 0.25) is 5.91 Å². The summed E-state index contributed by atoms with van der Waals surface area (Å²) in [5.74, 6) is -1.02. The zero-order valence-corrected chi connectivity index (χ0v) is 15.5. The Kier molecular flexibility index (Phi) is 6.68. The first-order valence-electron chi connectivity index (χ1n) is 8.77. The van der Waals surface area contributed by atoms with Gasteiger partial charge in [0.25, 0.3) is 0 Å². The van der Waals surface area contributed by atoms with Crippen molar-refractivity contribution < 1.29 is 9.59 Å². The number of nitriles is 1. The molecule has 2 aromatic carbocycles. The number of aryl methyl sites for hydroxylation is 3. The molecule has 0 saturated heterocycles. The summed E-state index contributed by atoms with van der Waals surface area (Å²) in [5.41, 5.74) is 4.74. The van der Waals surface area contributed by atoms with Crippen LogP contribution in [0.5, 0.6) is 0 Å². The predicted octanol–water partition coefficient (Wildman–Crippen LogP) is 4.60. The molecule has 26 heavy (non-hydrogen) atoms. The molecule has 0 unspecified atom stereocenters. The van der Waals surface area contributed by atoms with Gasteiger partial charge >= 0.3 is 0 Å². The van der Waals surface area contributed by atoms with Gasteiger partial charge in [-0.2, -0.15) is 5.26 Å². The summed E-state index contributed by atoms with van der Waals surface area (Å²) in [6.45, 7) is 5.91. The molecular formula is C22H24N2O2. The van der Waals surface area contributed by atoms with Gasteiger partial charge in [0.1, 0.15) is 5.92 Å². The lowest BCUT2D eigenvalue weighted by Gasteiger charge is -2.11. The van der Waals surface area contributed by atoms with Gasteiger partial charge in [-0.3, -0.25) is 9.59 Å². The highest BCUT2D eigenvalue weighted by Crippen LogP contribution is 2.22. The molecule has 0 aromatic heterocycles. The first-order chi connectivity index (χ1) is 12.4. The number of hydrogen-bond acceptors (Lipinski definition) is 3. The number of carbonyl (C=O) groups excluding carboxylic acids is 2. The average Bonchev–Trinajstić information content (AvgIpc) is 2.60. The fraction of sp³-hybridized carbons (Fsp3) is 0.318. The van der Waals surface area contributed by atoms with Gasteiger partial charge in [0.05, 0.1) is 6.07 Å². The van der Waals surface area contributed by atoms with Crippen LogP contribution in [0.1, 0.15) is 47.4 Å². The number of hydrogen-bond donors (Lipinski definition) is 1. The topological polar surface area (TPSA) is 70.0 Å².